The number of hydrogen-bond donors (Lipinski definition) is 2. The summed E-state index contributed by atoms with van der Waals surface area (Å²) in [6.45, 7) is 7.73. The van der Waals surface area contributed by atoms with Gasteiger partial charge in [0.25, 0.3) is 0 Å². The van der Waals surface area contributed by atoms with Crippen LogP contribution in [-0.4, -0.2) is 64.2 Å². The van der Waals surface area contributed by atoms with Crippen LogP contribution in [0.4, 0.5) is 4.79 Å². The van der Waals surface area contributed by atoms with E-state index >= 15 is 0 Å². The van der Waals surface area contributed by atoms with Crippen molar-refractivity contribution in [3.8, 4) is 0 Å². The molecule has 2 aliphatic heterocycles. The molecule has 20 heavy (non-hydrogen) atoms. The standard InChI is InChI=1S/C14H25N3O3/c1-14(2,3)17(13(19)20)11-9-15-8-10(11)16-7-5-4-6-12(16)18/h10-11,15H,4-9H2,1-3H3,(H,19,20)/t10-,11+/m1/s1. The summed E-state index contributed by atoms with van der Waals surface area (Å²) in [5, 5.41) is 12.8. The Balaban J connectivity index is 2.21. The van der Waals surface area contributed by atoms with Crippen molar-refractivity contribution in [2.24, 2.45) is 0 Å². The molecule has 2 heterocycles. The highest BCUT2D eigenvalue weighted by molar-refractivity contribution is 5.77. The summed E-state index contributed by atoms with van der Waals surface area (Å²) in [4.78, 5) is 27.1. The summed E-state index contributed by atoms with van der Waals surface area (Å²) < 4.78 is 0. The zero-order valence-electron chi connectivity index (χ0n) is 12.6. The molecule has 2 saturated heterocycles. The third-order valence-electron chi connectivity index (χ3n) is 4.17. The Morgan fingerprint density at radius 2 is 2.05 bits per heavy atom. The highest BCUT2D eigenvalue weighted by Gasteiger charge is 2.44. The third kappa shape index (κ3) is 2.90. The Hall–Kier alpha value is -1.30. The minimum Gasteiger partial charge on any atom is -0.465 e. The second-order valence-electron chi connectivity index (χ2n) is 6.66. The molecule has 0 aliphatic carbocycles. The maximum absolute atomic E-state index is 12.1. The van der Waals surface area contributed by atoms with Gasteiger partial charge < -0.3 is 15.3 Å². The van der Waals surface area contributed by atoms with Gasteiger partial charge in [0.15, 0.2) is 0 Å². The Bertz CT molecular complexity index is 392. The van der Waals surface area contributed by atoms with Crippen LogP contribution in [-0.2, 0) is 4.79 Å². The van der Waals surface area contributed by atoms with E-state index in [1.54, 1.807) is 0 Å². The zero-order chi connectivity index (χ0) is 14.9. The number of carboxylic acid groups (broad SMARTS) is 1. The largest absolute Gasteiger partial charge is 0.465 e. The van der Waals surface area contributed by atoms with Crippen molar-refractivity contribution in [2.75, 3.05) is 19.6 Å². The van der Waals surface area contributed by atoms with Gasteiger partial charge in [0.2, 0.25) is 5.91 Å². The first kappa shape index (κ1) is 15.1. The molecule has 6 nitrogen and oxygen atoms in total. The molecule has 2 rings (SSSR count). The van der Waals surface area contributed by atoms with Crippen LogP contribution in [0.15, 0.2) is 0 Å². The Kier molecular flexibility index (Phi) is 4.22. The zero-order valence-corrected chi connectivity index (χ0v) is 12.6. The molecule has 0 aromatic carbocycles. The summed E-state index contributed by atoms with van der Waals surface area (Å²) in [5.74, 6) is 0.161. The van der Waals surface area contributed by atoms with Gasteiger partial charge >= 0.3 is 6.09 Å². The van der Waals surface area contributed by atoms with Crippen LogP contribution >= 0.6 is 0 Å². The Morgan fingerprint density at radius 1 is 1.35 bits per heavy atom. The maximum atomic E-state index is 12.1. The van der Waals surface area contributed by atoms with E-state index in [0.717, 1.165) is 19.4 Å². The smallest absolute Gasteiger partial charge is 0.408 e. The van der Waals surface area contributed by atoms with Gasteiger partial charge in [-0.3, -0.25) is 9.69 Å². The second-order valence-corrected chi connectivity index (χ2v) is 6.66. The molecule has 0 aromatic rings. The summed E-state index contributed by atoms with van der Waals surface area (Å²) in [5.41, 5.74) is -0.473. The van der Waals surface area contributed by atoms with Crippen LogP contribution in [0.3, 0.4) is 0 Å². The van der Waals surface area contributed by atoms with Crippen LogP contribution in [0.5, 0.6) is 0 Å². The topological polar surface area (TPSA) is 72.9 Å². The average Bonchev–Trinajstić information content (AvgIpc) is 2.76. The van der Waals surface area contributed by atoms with Gasteiger partial charge in [-0.25, -0.2) is 4.79 Å². The average molecular weight is 283 g/mol. The number of nitrogens with zero attached hydrogens (tertiary/aromatic N) is 2. The summed E-state index contributed by atoms with van der Waals surface area (Å²) in [7, 11) is 0. The van der Waals surface area contributed by atoms with Crippen molar-refractivity contribution in [2.45, 2.75) is 57.7 Å². The van der Waals surface area contributed by atoms with Crippen LogP contribution < -0.4 is 5.32 Å². The quantitative estimate of drug-likeness (QED) is 0.796. The number of likely N-dealkylation sites (tertiary alicyclic amines) is 1. The van der Waals surface area contributed by atoms with E-state index in [0.29, 0.717) is 19.5 Å². The van der Waals surface area contributed by atoms with Gasteiger partial charge in [-0.1, -0.05) is 0 Å². The molecule has 2 atom stereocenters. The molecule has 2 aliphatic rings. The molecule has 2 N–H and O–H groups in total. The lowest BCUT2D eigenvalue weighted by Crippen LogP contribution is -2.60. The fourth-order valence-electron chi connectivity index (χ4n) is 3.34. The molecule has 2 fully saturated rings. The van der Waals surface area contributed by atoms with E-state index in [-0.39, 0.29) is 18.0 Å². The first-order valence-electron chi connectivity index (χ1n) is 7.35. The van der Waals surface area contributed by atoms with E-state index in [9.17, 15) is 14.7 Å². The van der Waals surface area contributed by atoms with E-state index in [2.05, 4.69) is 5.32 Å². The van der Waals surface area contributed by atoms with Gasteiger partial charge in [-0.15, -0.1) is 0 Å². The van der Waals surface area contributed by atoms with Gasteiger partial charge in [0.05, 0.1) is 12.1 Å². The third-order valence-corrected chi connectivity index (χ3v) is 4.17. The minimum atomic E-state index is -0.916. The van der Waals surface area contributed by atoms with Crippen molar-refractivity contribution in [3.63, 3.8) is 0 Å². The molecule has 0 unspecified atom stereocenters. The highest BCUT2D eigenvalue weighted by atomic mass is 16.4. The van der Waals surface area contributed by atoms with Crippen LogP contribution in [0.1, 0.15) is 40.0 Å². The number of hydrogen-bond acceptors (Lipinski definition) is 3. The van der Waals surface area contributed by atoms with Crippen molar-refractivity contribution in [3.05, 3.63) is 0 Å². The molecule has 0 bridgehead atoms. The molecule has 0 radical (unpaired) electrons. The van der Waals surface area contributed by atoms with E-state index in [4.69, 9.17) is 0 Å². The Morgan fingerprint density at radius 3 is 2.60 bits per heavy atom. The predicted molar refractivity (Wildman–Crippen MR) is 75.6 cm³/mol. The Labute approximate surface area is 120 Å². The fraction of sp³-hybridized carbons (Fsp3) is 0.857. The number of carbonyl (C=O) groups is 2. The lowest BCUT2D eigenvalue weighted by Gasteiger charge is -2.43. The predicted octanol–water partition coefficient (Wildman–Crippen LogP) is 1.12. The summed E-state index contributed by atoms with van der Waals surface area (Å²) in [6, 6.07) is -0.215. The van der Waals surface area contributed by atoms with Gasteiger partial charge in [0, 0.05) is 31.6 Å². The SMILES string of the molecule is CC(C)(C)N(C(=O)O)[C@H]1CNC[C@H]1N1CCCCC1=O. The minimum absolute atomic E-state index is 0.0434. The van der Waals surface area contributed by atoms with Crippen molar-refractivity contribution in [1.82, 2.24) is 15.1 Å². The van der Waals surface area contributed by atoms with E-state index < -0.39 is 11.6 Å². The lowest BCUT2D eigenvalue weighted by atomic mass is 9.98. The van der Waals surface area contributed by atoms with E-state index in [1.165, 1.54) is 4.90 Å². The molecular formula is C14H25N3O3. The molecule has 114 valence electrons. The summed E-state index contributed by atoms with van der Waals surface area (Å²) >= 11 is 0. The first-order valence-corrected chi connectivity index (χ1v) is 7.35. The normalized spacial score (nSPS) is 27.8. The summed E-state index contributed by atoms with van der Waals surface area (Å²) in [6.07, 6.45) is 1.63. The van der Waals surface area contributed by atoms with Crippen molar-refractivity contribution >= 4 is 12.0 Å². The maximum Gasteiger partial charge on any atom is 0.408 e. The number of carbonyl (C=O) groups excluding carboxylic acids is 1. The second kappa shape index (κ2) is 5.60. The lowest BCUT2D eigenvalue weighted by molar-refractivity contribution is -0.136. The van der Waals surface area contributed by atoms with Crippen LogP contribution in [0.2, 0.25) is 0 Å². The molecule has 0 aromatic heterocycles. The number of piperidine rings is 1. The number of nitrogens with one attached hydrogen (secondary N) is 1. The number of amides is 2. The van der Waals surface area contributed by atoms with Crippen LogP contribution in [0, 0.1) is 0 Å². The highest BCUT2D eigenvalue weighted by Crippen LogP contribution is 2.26. The fourth-order valence-corrected chi connectivity index (χ4v) is 3.34. The molecule has 0 spiro atoms. The molecule has 0 saturated carbocycles. The van der Waals surface area contributed by atoms with Crippen molar-refractivity contribution in [1.29, 1.82) is 0 Å². The van der Waals surface area contributed by atoms with E-state index in [1.807, 2.05) is 25.7 Å². The van der Waals surface area contributed by atoms with Gasteiger partial charge in [0.1, 0.15) is 0 Å². The molecular weight excluding hydrogens is 258 g/mol. The molecule has 6 heteroatoms. The number of rotatable bonds is 2. The monoisotopic (exact) mass is 283 g/mol. The van der Waals surface area contributed by atoms with Gasteiger partial charge in [-0.05, 0) is 33.6 Å². The van der Waals surface area contributed by atoms with Crippen molar-refractivity contribution < 1.29 is 14.7 Å². The van der Waals surface area contributed by atoms with Crippen LogP contribution in [0.25, 0.3) is 0 Å². The molecule has 2 amide bonds. The van der Waals surface area contributed by atoms with Gasteiger partial charge in [-0.2, -0.15) is 0 Å². The first-order chi connectivity index (χ1) is 9.32.